The number of nitrogens with zero attached hydrogens (tertiary/aromatic N) is 1. The van der Waals surface area contributed by atoms with Crippen LogP contribution in [0.2, 0.25) is 0 Å². The number of sulfone groups is 1. The Hall–Kier alpha value is -1.46. The predicted molar refractivity (Wildman–Crippen MR) is 80.6 cm³/mol. The molecule has 1 N–H and O–H groups in total. The molecule has 0 radical (unpaired) electrons. The Balaban J connectivity index is 1.78. The molecule has 0 spiro atoms. The zero-order valence-electron chi connectivity index (χ0n) is 11.6. The molecule has 1 aromatic heterocycles. The number of rotatable bonds is 1. The van der Waals surface area contributed by atoms with Crippen LogP contribution in [0.15, 0.2) is 36.7 Å². The van der Waals surface area contributed by atoms with Crippen molar-refractivity contribution in [3.63, 3.8) is 0 Å². The number of benzene rings is 1. The van der Waals surface area contributed by atoms with Crippen LogP contribution in [0.25, 0.3) is 10.8 Å². The second kappa shape index (κ2) is 4.27. The van der Waals surface area contributed by atoms with Crippen LogP contribution in [0.3, 0.4) is 0 Å². The van der Waals surface area contributed by atoms with Crippen molar-refractivity contribution in [3.05, 3.63) is 42.2 Å². The summed E-state index contributed by atoms with van der Waals surface area (Å²) in [6, 6.07) is 7.73. The lowest BCUT2D eigenvalue weighted by Gasteiger charge is -2.36. The van der Waals surface area contributed by atoms with Crippen molar-refractivity contribution in [2.45, 2.75) is 41.8 Å². The van der Waals surface area contributed by atoms with Gasteiger partial charge < -0.3 is 5.11 Å². The molecule has 2 aromatic rings. The largest absolute Gasteiger partial charge is 0.385 e. The number of aliphatic hydroxyl groups is 1. The van der Waals surface area contributed by atoms with Gasteiger partial charge in [0.15, 0.2) is 9.84 Å². The second-order valence-electron chi connectivity index (χ2n) is 6.29. The van der Waals surface area contributed by atoms with Gasteiger partial charge in [0.2, 0.25) is 0 Å². The summed E-state index contributed by atoms with van der Waals surface area (Å²) >= 11 is 0. The Bertz CT molecular complexity index is 795. The summed E-state index contributed by atoms with van der Waals surface area (Å²) in [5.74, 6) is 0. The molecular weight excluding hydrogens is 286 g/mol. The summed E-state index contributed by atoms with van der Waals surface area (Å²) in [7, 11) is -3.02. The van der Waals surface area contributed by atoms with E-state index >= 15 is 0 Å². The summed E-state index contributed by atoms with van der Waals surface area (Å²) in [4.78, 5) is 4.08. The maximum atomic E-state index is 12.2. The molecule has 21 heavy (non-hydrogen) atoms. The topological polar surface area (TPSA) is 67.3 Å². The summed E-state index contributed by atoms with van der Waals surface area (Å²) in [5.41, 5.74) is -0.192. The SMILES string of the molecule is O=S1(=O)C2CCC1CC(O)(c1ccc3cnccc3c1)C2. The van der Waals surface area contributed by atoms with Crippen LogP contribution in [0.1, 0.15) is 31.2 Å². The van der Waals surface area contributed by atoms with Gasteiger partial charge in [0, 0.05) is 17.8 Å². The van der Waals surface area contributed by atoms with Gasteiger partial charge >= 0.3 is 0 Å². The lowest BCUT2D eigenvalue weighted by atomic mass is 9.85. The van der Waals surface area contributed by atoms with Crippen LogP contribution in [-0.4, -0.2) is 29.0 Å². The van der Waals surface area contributed by atoms with Crippen molar-refractivity contribution in [1.29, 1.82) is 0 Å². The maximum absolute atomic E-state index is 12.2. The van der Waals surface area contributed by atoms with Gasteiger partial charge in [0.25, 0.3) is 0 Å². The highest BCUT2D eigenvalue weighted by Gasteiger charge is 2.53. The van der Waals surface area contributed by atoms with E-state index in [-0.39, 0.29) is 10.5 Å². The van der Waals surface area contributed by atoms with Gasteiger partial charge in [-0.1, -0.05) is 12.1 Å². The molecule has 2 unspecified atom stereocenters. The molecule has 0 amide bonds. The molecule has 2 aliphatic rings. The van der Waals surface area contributed by atoms with Gasteiger partial charge in [0.1, 0.15) is 0 Å². The minimum atomic E-state index is -3.02. The third-order valence-electron chi connectivity index (χ3n) is 5.05. The first-order valence-corrected chi connectivity index (χ1v) is 8.89. The molecule has 2 bridgehead atoms. The Morgan fingerprint density at radius 1 is 1.10 bits per heavy atom. The summed E-state index contributed by atoms with van der Waals surface area (Å²) < 4.78 is 24.4. The van der Waals surface area contributed by atoms with E-state index in [4.69, 9.17) is 0 Å². The van der Waals surface area contributed by atoms with E-state index in [0.717, 1.165) is 16.3 Å². The molecule has 2 atom stereocenters. The van der Waals surface area contributed by atoms with E-state index < -0.39 is 15.4 Å². The fraction of sp³-hybridized carbons (Fsp3) is 0.438. The monoisotopic (exact) mass is 303 g/mol. The van der Waals surface area contributed by atoms with Crippen LogP contribution in [0.4, 0.5) is 0 Å². The van der Waals surface area contributed by atoms with Crippen LogP contribution in [0.5, 0.6) is 0 Å². The number of aromatic nitrogens is 1. The first-order valence-electron chi connectivity index (χ1n) is 7.28. The fourth-order valence-electron chi connectivity index (χ4n) is 3.85. The number of hydrogen-bond donors (Lipinski definition) is 1. The van der Waals surface area contributed by atoms with Gasteiger partial charge in [-0.15, -0.1) is 0 Å². The average molecular weight is 303 g/mol. The molecule has 0 aliphatic carbocycles. The first kappa shape index (κ1) is 13.2. The molecule has 2 aliphatic heterocycles. The van der Waals surface area contributed by atoms with Crippen LogP contribution >= 0.6 is 0 Å². The second-order valence-corrected chi connectivity index (χ2v) is 8.80. The quantitative estimate of drug-likeness (QED) is 0.876. The van der Waals surface area contributed by atoms with E-state index in [1.807, 2.05) is 24.3 Å². The molecule has 2 saturated heterocycles. The van der Waals surface area contributed by atoms with Crippen LogP contribution in [-0.2, 0) is 15.4 Å². The zero-order chi connectivity index (χ0) is 14.7. The standard InChI is InChI=1S/C16H17NO3S/c18-16(8-14-3-4-15(9-16)21(14,19)20)13-2-1-12-10-17-6-5-11(12)7-13/h1-2,5-7,10,14-15,18H,3-4,8-9H2. The molecule has 5 heteroatoms. The van der Waals surface area contributed by atoms with Gasteiger partial charge in [-0.3, -0.25) is 4.98 Å². The Kier molecular flexibility index (Phi) is 2.69. The van der Waals surface area contributed by atoms with Crippen molar-refractivity contribution in [1.82, 2.24) is 4.98 Å². The summed E-state index contributed by atoms with van der Waals surface area (Å²) in [6.07, 6.45) is 5.54. The number of pyridine rings is 1. The highest BCUT2D eigenvalue weighted by molar-refractivity contribution is 7.93. The summed E-state index contributed by atoms with van der Waals surface area (Å²) in [6.45, 7) is 0. The minimum Gasteiger partial charge on any atom is -0.385 e. The van der Waals surface area contributed by atoms with Gasteiger partial charge in [-0.2, -0.15) is 0 Å². The third-order valence-corrected chi connectivity index (χ3v) is 7.71. The predicted octanol–water partition coefficient (Wildman–Crippen LogP) is 2.16. The van der Waals surface area contributed by atoms with Gasteiger partial charge in [0.05, 0.1) is 16.1 Å². The molecule has 4 rings (SSSR count). The first-order chi connectivity index (χ1) is 9.99. The lowest BCUT2D eigenvalue weighted by molar-refractivity contribution is 0.0174. The third kappa shape index (κ3) is 1.91. The molecule has 3 heterocycles. The van der Waals surface area contributed by atoms with Crippen LogP contribution < -0.4 is 0 Å². The molecule has 2 fully saturated rings. The zero-order valence-corrected chi connectivity index (χ0v) is 12.4. The van der Waals surface area contributed by atoms with E-state index in [0.29, 0.717) is 25.7 Å². The number of fused-ring (bicyclic) bond motifs is 3. The van der Waals surface area contributed by atoms with Crippen molar-refractivity contribution in [2.75, 3.05) is 0 Å². The van der Waals surface area contributed by atoms with Gasteiger partial charge in [-0.05, 0) is 48.8 Å². The molecule has 110 valence electrons. The number of hydrogen-bond acceptors (Lipinski definition) is 4. The van der Waals surface area contributed by atoms with E-state index in [9.17, 15) is 13.5 Å². The molecular formula is C16H17NO3S. The molecule has 1 aromatic carbocycles. The fourth-order valence-corrected chi connectivity index (χ4v) is 6.34. The highest BCUT2D eigenvalue weighted by Crippen LogP contribution is 2.47. The molecule has 0 saturated carbocycles. The van der Waals surface area contributed by atoms with E-state index in [2.05, 4.69) is 4.98 Å². The smallest absolute Gasteiger partial charge is 0.156 e. The van der Waals surface area contributed by atoms with Gasteiger partial charge in [-0.25, -0.2) is 8.42 Å². The summed E-state index contributed by atoms with van der Waals surface area (Å²) in [5, 5.41) is 12.3. The highest BCUT2D eigenvalue weighted by atomic mass is 32.2. The van der Waals surface area contributed by atoms with Crippen molar-refractivity contribution >= 4 is 20.6 Å². The normalized spacial score (nSPS) is 34.1. The van der Waals surface area contributed by atoms with Crippen molar-refractivity contribution < 1.29 is 13.5 Å². The van der Waals surface area contributed by atoms with Crippen LogP contribution in [0, 0.1) is 0 Å². The lowest BCUT2D eigenvalue weighted by Crippen LogP contribution is -2.43. The minimum absolute atomic E-state index is 0.322. The van der Waals surface area contributed by atoms with Crippen molar-refractivity contribution in [3.8, 4) is 0 Å². The molecule has 4 nitrogen and oxygen atoms in total. The van der Waals surface area contributed by atoms with E-state index in [1.54, 1.807) is 12.4 Å². The van der Waals surface area contributed by atoms with Crippen molar-refractivity contribution in [2.24, 2.45) is 0 Å². The average Bonchev–Trinajstić information content (AvgIpc) is 2.66. The maximum Gasteiger partial charge on any atom is 0.156 e. The van der Waals surface area contributed by atoms with E-state index in [1.165, 1.54) is 0 Å². The Labute approximate surface area is 123 Å². The Morgan fingerprint density at radius 2 is 1.81 bits per heavy atom. The Morgan fingerprint density at radius 3 is 2.52 bits per heavy atom.